The highest BCUT2D eigenvalue weighted by atomic mass is 15.2. The highest BCUT2D eigenvalue weighted by Gasteiger charge is 2.29. The van der Waals surface area contributed by atoms with Crippen LogP contribution in [0.2, 0.25) is 0 Å². The van der Waals surface area contributed by atoms with Crippen LogP contribution in [-0.4, -0.2) is 14.5 Å². The van der Waals surface area contributed by atoms with Gasteiger partial charge in [-0.25, -0.2) is 9.97 Å². The highest BCUT2D eigenvalue weighted by molar-refractivity contribution is 6.19. The normalized spacial score (nSPS) is 13.9. The van der Waals surface area contributed by atoms with Gasteiger partial charge in [0.25, 0.3) is 0 Å². The molecular formula is C51H38N4. The van der Waals surface area contributed by atoms with Crippen molar-refractivity contribution in [3.05, 3.63) is 194 Å². The van der Waals surface area contributed by atoms with Crippen LogP contribution >= 0.6 is 0 Å². The Kier molecular flexibility index (Phi) is 7.96. The predicted octanol–water partition coefficient (Wildman–Crippen LogP) is 13.7. The van der Waals surface area contributed by atoms with E-state index in [-0.39, 0.29) is 0 Å². The van der Waals surface area contributed by atoms with Crippen molar-refractivity contribution in [1.29, 1.82) is 0 Å². The Morgan fingerprint density at radius 3 is 2.36 bits per heavy atom. The first-order chi connectivity index (χ1) is 27.2. The van der Waals surface area contributed by atoms with Gasteiger partial charge in [-0.1, -0.05) is 122 Å². The number of benzene rings is 5. The summed E-state index contributed by atoms with van der Waals surface area (Å²) in [6, 6.07) is 46.1. The lowest BCUT2D eigenvalue weighted by atomic mass is 9.89. The van der Waals surface area contributed by atoms with Gasteiger partial charge in [0.15, 0.2) is 0 Å². The van der Waals surface area contributed by atoms with Gasteiger partial charge < -0.3 is 0 Å². The average molecular weight is 707 g/mol. The number of nitrogens with zero attached hydrogens (tertiary/aromatic N) is 4. The lowest BCUT2D eigenvalue weighted by Gasteiger charge is -2.33. The number of allylic oxidation sites excluding steroid dienone is 9. The summed E-state index contributed by atoms with van der Waals surface area (Å²) in [5.74, 6) is 1.76. The number of rotatable bonds is 7. The van der Waals surface area contributed by atoms with E-state index >= 15 is 0 Å². The largest absolute Gasteiger partial charge is 0.294 e. The molecule has 10 rings (SSSR count). The molecule has 3 aromatic heterocycles. The van der Waals surface area contributed by atoms with E-state index in [0.717, 1.165) is 80.4 Å². The zero-order chi connectivity index (χ0) is 36.9. The quantitative estimate of drug-likeness (QED) is 0.155. The van der Waals surface area contributed by atoms with E-state index in [1.807, 2.05) is 24.4 Å². The van der Waals surface area contributed by atoms with Crippen molar-refractivity contribution in [1.82, 2.24) is 14.5 Å². The lowest BCUT2D eigenvalue weighted by molar-refractivity contribution is 1.04. The van der Waals surface area contributed by atoms with Crippen LogP contribution < -0.4 is 4.90 Å². The van der Waals surface area contributed by atoms with Crippen LogP contribution in [0.1, 0.15) is 31.0 Å². The molecule has 1 aliphatic heterocycles. The van der Waals surface area contributed by atoms with Gasteiger partial charge in [-0.2, -0.15) is 0 Å². The van der Waals surface area contributed by atoms with E-state index in [9.17, 15) is 0 Å². The van der Waals surface area contributed by atoms with Gasteiger partial charge in [-0.3, -0.25) is 9.47 Å². The van der Waals surface area contributed by atoms with E-state index in [4.69, 9.17) is 9.97 Å². The monoisotopic (exact) mass is 706 g/mol. The molecule has 0 unspecified atom stereocenters. The molecule has 0 bridgehead atoms. The summed E-state index contributed by atoms with van der Waals surface area (Å²) in [5.41, 5.74) is 13.5. The number of anilines is 3. The third kappa shape index (κ3) is 5.45. The Bertz CT molecular complexity index is 2940. The zero-order valence-electron chi connectivity index (χ0n) is 30.7. The topological polar surface area (TPSA) is 34.0 Å². The molecule has 55 heavy (non-hydrogen) atoms. The minimum atomic E-state index is 0.875. The summed E-state index contributed by atoms with van der Waals surface area (Å²) in [5, 5.41) is 4.77. The summed E-state index contributed by atoms with van der Waals surface area (Å²) < 4.78 is 2.31. The van der Waals surface area contributed by atoms with E-state index in [2.05, 4.69) is 175 Å². The molecule has 8 aromatic rings. The van der Waals surface area contributed by atoms with Gasteiger partial charge in [0.2, 0.25) is 0 Å². The molecule has 262 valence electrons. The molecule has 4 heterocycles. The third-order valence-corrected chi connectivity index (χ3v) is 10.9. The molecular weight excluding hydrogens is 669 g/mol. The highest BCUT2D eigenvalue weighted by Crippen LogP contribution is 2.53. The summed E-state index contributed by atoms with van der Waals surface area (Å²) >= 11 is 0. The number of hydrogen-bond acceptors (Lipinski definition) is 3. The molecule has 0 saturated carbocycles. The van der Waals surface area contributed by atoms with E-state index in [0.29, 0.717) is 0 Å². The Balaban J connectivity index is 1.30. The summed E-state index contributed by atoms with van der Waals surface area (Å²) in [7, 11) is 0. The third-order valence-electron chi connectivity index (χ3n) is 10.9. The van der Waals surface area contributed by atoms with Crippen molar-refractivity contribution in [3.63, 3.8) is 0 Å². The van der Waals surface area contributed by atoms with Crippen LogP contribution in [0.3, 0.4) is 0 Å². The van der Waals surface area contributed by atoms with Gasteiger partial charge in [-0.05, 0) is 113 Å². The number of hydrogen-bond donors (Lipinski definition) is 0. The van der Waals surface area contributed by atoms with Crippen molar-refractivity contribution in [3.8, 4) is 28.1 Å². The molecule has 0 amide bonds. The first-order valence-electron chi connectivity index (χ1n) is 19.0. The molecule has 4 heteroatoms. The minimum Gasteiger partial charge on any atom is -0.294 e. The summed E-state index contributed by atoms with van der Waals surface area (Å²) in [6.45, 7) is 5.98. The predicted molar refractivity (Wildman–Crippen MR) is 232 cm³/mol. The van der Waals surface area contributed by atoms with Crippen LogP contribution in [0, 0.1) is 0 Å². The van der Waals surface area contributed by atoms with Crippen LogP contribution in [0.25, 0.3) is 71.8 Å². The second kappa shape index (κ2) is 13.4. The van der Waals surface area contributed by atoms with E-state index in [1.54, 1.807) is 0 Å². The lowest BCUT2D eigenvalue weighted by Crippen LogP contribution is -2.17. The maximum atomic E-state index is 5.50. The maximum Gasteiger partial charge on any atom is 0.138 e. The molecule has 0 saturated heterocycles. The van der Waals surface area contributed by atoms with Crippen LogP contribution in [0.5, 0.6) is 0 Å². The second-order valence-corrected chi connectivity index (χ2v) is 14.1. The Morgan fingerprint density at radius 2 is 1.56 bits per heavy atom. The van der Waals surface area contributed by atoms with Gasteiger partial charge >= 0.3 is 0 Å². The standard InChI is InChI=1S/C51H38N4/c1-3-5-16-34(4-2)38-26-27-45-41(29-38)43-32-42-40-23-14-21-37-22-15-24-46(51(37)40)55(47(42)33-48(43)54(45)49-25-12-13-28-52-49)50-31-39(35-17-8-6-9-18-35)30-44(53-50)36-19-10-7-11-20-36/h3-6,8-10,12-33H,1,7,11H2,2H3/b16-5-,34-4+. The number of pyridine rings is 2. The van der Waals surface area contributed by atoms with Crippen molar-refractivity contribution in [2.24, 2.45) is 0 Å². The molecule has 0 radical (unpaired) electrons. The van der Waals surface area contributed by atoms with Crippen molar-refractivity contribution in [2.75, 3.05) is 4.90 Å². The first kappa shape index (κ1) is 32.6. The van der Waals surface area contributed by atoms with Gasteiger partial charge in [-0.15, -0.1) is 0 Å². The second-order valence-electron chi connectivity index (χ2n) is 14.1. The van der Waals surface area contributed by atoms with Gasteiger partial charge in [0, 0.05) is 27.9 Å². The molecule has 1 aliphatic carbocycles. The minimum absolute atomic E-state index is 0.875. The molecule has 0 fully saturated rings. The molecule has 4 nitrogen and oxygen atoms in total. The van der Waals surface area contributed by atoms with Crippen molar-refractivity contribution >= 4 is 60.9 Å². The fourth-order valence-corrected chi connectivity index (χ4v) is 8.39. The van der Waals surface area contributed by atoms with Crippen molar-refractivity contribution in [2.45, 2.75) is 19.8 Å². The van der Waals surface area contributed by atoms with E-state index < -0.39 is 0 Å². The zero-order valence-corrected chi connectivity index (χ0v) is 30.7. The molecule has 0 atom stereocenters. The number of aromatic nitrogens is 3. The first-order valence-corrected chi connectivity index (χ1v) is 19.0. The maximum absolute atomic E-state index is 5.50. The Morgan fingerprint density at radius 1 is 0.709 bits per heavy atom. The molecule has 0 spiro atoms. The Hall–Kier alpha value is -7.04. The van der Waals surface area contributed by atoms with E-state index in [1.165, 1.54) is 32.7 Å². The van der Waals surface area contributed by atoms with Crippen LogP contribution in [-0.2, 0) is 0 Å². The fourth-order valence-electron chi connectivity index (χ4n) is 8.39. The average Bonchev–Trinajstić information content (AvgIpc) is 3.57. The van der Waals surface area contributed by atoms with Crippen LogP contribution in [0.15, 0.2) is 183 Å². The SMILES string of the molecule is C=C/C=C\C(=C/C)c1ccc2c(c1)c1cc3c(cc1n2-c1ccccn1)N(c1cc(-c2ccccc2)cc(C2=CCCC=C2)n1)c1cccc2cccc-3c12. The van der Waals surface area contributed by atoms with Crippen molar-refractivity contribution < 1.29 is 0 Å². The van der Waals surface area contributed by atoms with Crippen LogP contribution in [0.4, 0.5) is 17.2 Å². The fraction of sp³-hybridized carbons (Fsp3) is 0.0588. The van der Waals surface area contributed by atoms with Gasteiger partial charge in [0.05, 0.1) is 28.1 Å². The molecule has 5 aromatic carbocycles. The summed E-state index contributed by atoms with van der Waals surface area (Å²) in [6.07, 6.45) is 18.8. The molecule has 0 N–H and O–H groups in total. The Labute approximate surface area is 321 Å². The smallest absolute Gasteiger partial charge is 0.138 e. The molecule has 2 aliphatic rings. The number of fused-ring (bicyclic) bond motifs is 5. The summed E-state index contributed by atoms with van der Waals surface area (Å²) in [4.78, 5) is 12.8. The van der Waals surface area contributed by atoms with Gasteiger partial charge in [0.1, 0.15) is 11.6 Å².